The largest absolute Gasteiger partial charge is 0.507 e. The number of thiocarbonyl (C=S) groups is 1. The molecule has 1 aliphatic rings. The number of likely N-dealkylation sites (N-methyl/N-ethyl adjacent to an activating group) is 1. The summed E-state index contributed by atoms with van der Waals surface area (Å²) in [6, 6.07) is 4.19. The first kappa shape index (κ1) is 19.2. The van der Waals surface area contributed by atoms with Crippen LogP contribution in [0.1, 0.15) is 58.2 Å². The molecule has 1 aromatic carbocycles. The Morgan fingerprint density at radius 3 is 1.79 bits per heavy atom. The fourth-order valence-electron chi connectivity index (χ4n) is 3.18. The van der Waals surface area contributed by atoms with Gasteiger partial charge in [-0.25, -0.2) is 0 Å². The molecule has 4 heteroatoms. The van der Waals surface area contributed by atoms with Gasteiger partial charge in [-0.2, -0.15) is 0 Å². The molecule has 2 rings (SSSR count). The zero-order valence-corrected chi connectivity index (χ0v) is 17.1. The summed E-state index contributed by atoms with van der Waals surface area (Å²) in [6.45, 7) is 17.1. The second-order valence-electron chi connectivity index (χ2n) is 9.17. The van der Waals surface area contributed by atoms with Gasteiger partial charge in [-0.3, -0.25) is 0 Å². The molecule has 0 aliphatic carbocycles. The monoisotopic (exact) mass is 349 g/mol. The van der Waals surface area contributed by atoms with Crippen LogP contribution in [0.5, 0.6) is 5.75 Å². The van der Waals surface area contributed by atoms with Crippen LogP contribution >= 0.6 is 12.2 Å². The van der Waals surface area contributed by atoms with Crippen molar-refractivity contribution in [1.29, 1.82) is 0 Å². The molecule has 134 valence electrons. The van der Waals surface area contributed by atoms with Crippen molar-refractivity contribution >= 4 is 17.2 Å². The van der Waals surface area contributed by atoms with Crippen molar-refractivity contribution < 1.29 is 10.0 Å². The SMILES string of the molecule is C[NH+]1CCN(C(=S)c2cc(C(C)(C)C)c(O)c(C(C)(C)C)c2)CC1. The molecule has 2 N–H and O–H groups in total. The van der Waals surface area contributed by atoms with Gasteiger partial charge in [-0.15, -0.1) is 0 Å². The third-order valence-electron chi connectivity index (χ3n) is 4.88. The van der Waals surface area contributed by atoms with Crippen LogP contribution in [-0.2, 0) is 10.8 Å². The average molecular weight is 350 g/mol. The quantitative estimate of drug-likeness (QED) is 0.763. The number of nitrogens with one attached hydrogen (secondary N) is 1. The molecule has 0 unspecified atom stereocenters. The van der Waals surface area contributed by atoms with Crippen LogP contribution in [0.25, 0.3) is 0 Å². The Morgan fingerprint density at radius 2 is 1.42 bits per heavy atom. The first-order valence-electron chi connectivity index (χ1n) is 8.90. The number of phenolic OH excluding ortho intramolecular Hbond substituents is 1. The molecule has 0 atom stereocenters. The summed E-state index contributed by atoms with van der Waals surface area (Å²) in [5, 5.41) is 10.9. The van der Waals surface area contributed by atoms with Gasteiger partial charge < -0.3 is 14.9 Å². The average Bonchev–Trinajstić information content (AvgIpc) is 2.45. The van der Waals surface area contributed by atoms with Crippen molar-refractivity contribution in [2.45, 2.75) is 52.4 Å². The summed E-state index contributed by atoms with van der Waals surface area (Å²) in [5.41, 5.74) is 2.78. The van der Waals surface area contributed by atoms with Gasteiger partial charge in [0.1, 0.15) is 10.7 Å². The molecule has 24 heavy (non-hydrogen) atoms. The van der Waals surface area contributed by atoms with Gasteiger partial charge in [-0.1, -0.05) is 53.8 Å². The molecule has 3 nitrogen and oxygen atoms in total. The first-order chi connectivity index (χ1) is 10.9. The molecule has 0 saturated carbocycles. The van der Waals surface area contributed by atoms with Crippen molar-refractivity contribution in [3.05, 3.63) is 28.8 Å². The Morgan fingerprint density at radius 1 is 1.00 bits per heavy atom. The van der Waals surface area contributed by atoms with E-state index in [0.717, 1.165) is 47.9 Å². The van der Waals surface area contributed by atoms with Gasteiger partial charge in [0.25, 0.3) is 0 Å². The number of quaternary nitrogens is 1. The lowest BCUT2D eigenvalue weighted by atomic mass is 9.78. The minimum absolute atomic E-state index is 0.123. The van der Waals surface area contributed by atoms with Crippen molar-refractivity contribution in [2.75, 3.05) is 33.2 Å². The summed E-state index contributed by atoms with van der Waals surface area (Å²) in [4.78, 5) is 4.79. The lowest BCUT2D eigenvalue weighted by Crippen LogP contribution is -3.12. The van der Waals surface area contributed by atoms with Gasteiger partial charge in [0.2, 0.25) is 0 Å². The van der Waals surface area contributed by atoms with E-state index in [1.54, 1.807) is 4.90 Å². The van der Waals surface area contributed by atoms with E-state index in [1.807, 2.05) is 0 Å². The fourth-order valence-corrected chi connectivity index (χ4v) is 3.48. The van der Waals surface area contributed by atoms with E-state index < -0.39 is 0 Å². The van der Waals surface area contributed by atoms with E-state index >= 15 is 0 Å². The molecular weight excluding hydrogens is 316 g/mol. The first-order valence-corrected chi connectivity index (χ1v) is 9.30. The summed E-state index contributed by atoms with van der Waals surface area (Å²) in [5.74, 6) is 0.421. The highest BCUT2D eigenvalue weighted by Gasteiger charge is 2.28. The minimum Gasteiger partial charge on any atom is -0.507 e. The summed E-state index contributed by atoms with van der Waals surface area (Å²) in [6.07, 6.45) is 0. The summed E-state index contributed by atoms with van der Waals surface area (Å²) in [7, 11) is 2.23. The Bertz CT molecular complexity index is 583. The lowest BCUT2D eigenvalue weighted by Gasteiger charge is -2.33. The maximum atomic E-state index is 10.9. The van der Waals surface area contributed by atoms with Crippen LogP contribution in [0.3, 0.4) is 0 Å². The predicted octanol–water partition coefficient (Wildman–Crippen LogP) is 2.49. The molecule has 1 heterocycles. The van der Waals surface area contributed by atoms with Crippen molar-refractivity contribution in [2.24, 2.45) is 0 Å². The smallest absolute Gasteiger partial charge is 0.123 e. The number of hydrogen-bond donors (Lipinski definition) is 2. The van der Waals surface area contributed by atoms with Gasteiger partial charge in [-0.05, 0) is 23.0 Å². The highest BCUT2D eigenvalue weighted by atomic mass is 32.1. The second kappa shape index (κ2) is 6.64. The number of nitrogens with zero attached hydrogens (tertiary/aromatic N) is 1. The van der Waals surface area contributed by atoms with Crippen LogP contribution in [0.15, 0.2) is 12.1 Å². The molecule has 1 saturated heterocycles. The molecule has 0 bridgehead atoms. The lowest BCUT2D eigenvalue weighted by molar-refractivity contribution is -0.883. The van der Waals surface area contributed by atoms with Gasteiger partial charge >= 0.3 is 0 Å². The predicted molar refractivity (Wildman–Crippen MR) is 105 cm³/mol. The van der Waals surface area contributed by atoms with E-state index in [-0.39, 0.29) is 10.8 Å². The van der Waals surface area contributed by atoms with Crippen LogP contribution in [-0.4, -0.2) is 48.2 Å². The normalized spacial score (nSPS) is 17.2. The molecule has 0 spiro atoms. The third kappa shape index (κ3) is 4.09. The van der Waals surface area contributed by atoms with Crippen LogP contribution in [0.2, 0.25) is 0 Å². The van der Waals surface area contributed by atoms with E-state index in [4.69, 9.17) is 12.2 Å². The van der Waals surface area contributed by atoms with E-state index in [2.05, 4.69) is 65.6 Å². The van der Waals surface area contributed by atoms with Crippen LogP contribution in [0.4, 0.5) is 0 Å². The van der Waals surface area contributed by atoms with Crippen LogP contribution < -0.4 is 4.90 Å². The topological polar surface area (TPSA) is 27.9 Å². The van der Waals surface area contributed by atoms with Gasteiger partial charge in [0, 0.05) is 16.7 Å². The summed E-state index contributed by atoms with van der Waals surface area (Å²) < 4.78 is 0. The Balaban J connectivity index is 2.48. The minimum atomic E-state index is -0.123. The Hall–Kier alpha value is -1.13. The van der Waals surface area contributed by atoms with Crippen LogP contribution in [0, 0.1) is 0 Å². The number of aromatic hydroxyl groups is 1. The van der Waals surface area contributed by atoms with Crippen molar-refractivity contribution in [1.82, 2.24) is 4.90 Å². The third-order valence-corrected chi connectivity index (χ3v) is 5.37. The van der Waals surface area contributed by atoms with E-state index in [1.165, 1.54) is 0 Å². The van der Waals surface area contributed by atoms with E-state index in [9.17, 15) is 5.11 Å². The molecular formula is C20H33N2OS+. The van der Waals surface area contributed by atoms with E-state index in [0.29, 0.717) is 5.75 Å². The number of hydrogen-bond acceptors (Lipinski definition) is 2. The Kier molecular flexibility index (Phi) is 5.31. The van der Waals surface area contributed by atoms with Gasteiger partial charge in [0.15, 0.2) is 0 Å². The van der Waals surface area contributed by atoms with Crippen molar-refractivity contribution in [3.8, 4) is 5.75 Å². The zero-order chi connectivity index (χ0) is 18.3. The molecule has 1 aliphatic heterocycles. The highest BCUT2D eigenvalue weighted by molar-refractivity contribution is 7.80. The highest BCUT2D eigenvalue weighted by Crippen LogP contribution is 2.40. The standard InChI is InChI=1S/C20H32N2OS/c1-19(2,3)15-12-14(13-16(17(15)23)20(4,5)6)18(24)22-10-8-21(7)9-11-22/h12-13,23H,8-11H2,1-7H3/p+1. The molecule has 0 radical (unpaired) electrons. The maximum absolute atomic E-state index is 10.9. The number of piperazine rings is 1. The maximum Gasteiger partial charge on any atom is 0.123 e. The molecule has 0 aromatic heterocycles. The van der Waals surface area contributed by atoms with Gasteiger partial charge in [0.05, 0.1) is 33.2 Å². The number of phenols is 1. The number of benzene rings is 1. The Labute approximate surface area is 152 Å². The summed E-state index contributed by atoms with van der Waals surface area (Å²) >= 11 is 5.82. The molecule has 1 aromatic rings. The second-order valence-corrected chi connectivity index (χ2v) is 9.56. The fraction of sp³-hybridized carbons (Fsp3) is 0.650. The molecule has 1 fully saturated rings. The zero-order valence-electron chi connectivity index (χ0n) is 16.3. The van der Waals surface area contributed by atoms with Crippen molar-refractivity contribution in [3.63, 3.8) is 0 Å². The molecule has 0 amide bonds. The number of rotatable bonds is 1.